The molecule has 88 valence electrons. The molecule has 0 spiro atoms. The van der Waals surface area contributed by atoms with Crippen molar-refractivity contribution in [3.63, 3.8) is 0 Å². The second-order valence-corrected chi connectivity index (χ2v) is 7.34. The van der Waals surface area contributed by atoms with Crippen molar-refractivity contribution < 1.29 is 0 Å². The van der Waals surface area contributed by atoms with Gasteiger partial charge in [-0.3, -0.25) is 0 Å². The molecule has 0 saturated carbocycles. The van der Waals surface area contributed by atoms with E-state index in [-0.39, 0.29) is 0 Å². The second kappa shape index (κ2) is 4.70. The molecule has 2 nitrogen and oxygen atoms in total. The Morgan fingerprint density at radius 3 is 2.76 bits per heavy atom. The van der Waals surface area contributed by atoms with Crippen molar-refractivity contribution in [2.45, 2.75) is 11.5 Å². The first kappa shape index (κ1) is 12.2. The van der Waals surface area contributed by atoms with E-state index in [0.717, 1.165) is 32.1 Å². The monoisotopic (exact) mass is 366 g/mol. The van der Waals surface area contributed by atoms with Crippen LogP contribution < -0.4 is 0 Å². The largest absolute Gasteiger partial charge is 0.231 e. The first-order chi connectivity index (χ1) is 8.15. The lowest BCUT2D eigenvalue weighted by atomic mass is 10.3. The number of thiophene rings is 1. The Morgan fingerprint density at radius 1 is 1.24 bits per heavy atom. The summed E-state index contributed by atoms with van der Waals surface area (Å²) in [5, 5.41) is 0.565. The van der Waals surface area contributed by atoms with E-state index in [1.54, 1.807) is 0 Å². The molecule has 0 aromatic carbocycles. The first-order valence-corrected chi connectivity index (χ1v) is 8.25. The number of hydrogen-bond donors (Lipinski definition) is 0. The maximum atomic E-state index is 6.17. The lowest BCUT2D eigenvalue weighted by Crippen LogP contribution is -1.96. The molecule has 1 aliphatic heterocycles. The van der Waals surface area contributed by atoms with Gasteiger partial charge in [-0.1, -0.05) is 23.2 Å². The third kappa shape index (κ3) is 2.24. The molecule has 3 heterocycles. The lowest BCUT2D eigenvalue weighted by Gasteiger charge is -2.02. The quantitative estimate of drug-likeness (QED) is 0.661. The number of rotatable bonds is 1. The zero-order valence-corrected chi connectivity index (χ0v) is 13.1. The molecule has 0 fully saturated rings. The Labute approximate surface area is 125 Å². The highest BCUT2D eigenvalue weighted by atomic mass is 79.9. The first-order valence-electron chi connectivity index (χ1n) is 4.73. The van der Waals surface area contributed by atoms with E-state index >= 15 is 0 Å². The molecule has 2 aromatic rings. The van der Waals surface area contributed by atoms with Crippen molar-refractivity contribution in [2.24, 2.45) is 0 Å². The van der Waals surface area contributed by atoms with Gasteiger partial charge < -0.3 is 0 Å². The molecule has 0 unspecified atom stereocenters. The standard InChI is InChI=1S/C10H5BrCl2N2S2/c11-5-1-7(17-9(5)13)10-14-6-3-16-2-4(6)8(12)15-10/h1H,2-3H2. The van der Waals surface area contributed by atoms with Crippen LogP contribution in [-0.4, -0.2) is 9.97 Å². The maximum absolute atomic E-state index is 6.17. The summed E-state index contributed by atoms with van der Waals surface area (Å²) >= 11 is 18.8. The zero-order chi connectivity index (χ0) is 12.0. The fraction of sp³-hybridized carbons (Fsp3) is 0.200. The minimum absolute atomic E-state index is 0.565. The Hall–Kier alpha value is 0.190. The molecule has 7 heteroatoms. The predicted octanol–water partition coefficient (Wildman–Crippen LogP) is 5.02. The molecule has 3 rings (SSSR count). The van der Waals surface area contributed by atoms with Gasteiger partial charge in [-0.2, -0.15) is 11.8 Å². The van der Waals surface area contributed by atoms with Gasteiger partial charge in [-0.15, -0.1) is 11.3 Å². The average molecular weight is 368 g/mol. The fourth-order valence-electron chi connectivity index (χ4n) is 1.58. The van der Waals surface area contributed by atoms with Crippen LogP contribution >= 0.6 is 62.2 Å². The summed E-state index contributed by atoms with van der Waals surface area (Å²) in [5.41, 5.74) is 2.12. The normalized spacial score (nSPS) is 14.1. The van der Waals surface area contributed by atoms with E-state index in [2.05, 4.69) is 25.9 Å². The van der Waals surface area contributed by atoms with Gasteiger partial charge in [0.2, 0.25) is 0 Å². The van der Waals surface area contributed by atoms with E-state index in [1.807, 2.05) is 17.8 Å². The van der Waals surface area contributed by atoms with Gasteiger partial charge in [0.25, 0.3) is 0 Å². The molecule has 0 radical (unpaired) electrons. The van der Waals surface area contributed by atoms with E-state index in [0.29, 0.717) is 15.3 Å². The summed E-state index contributed by atoms with van der Waals surface area (Å²) in [4.78, 5) is 9.83. The van der Waals surface area contributed by atoms with Gasteiger partial charge in [0.1, 0.15) is 9.49 Å². The predicted molar refractivity (Wildman–Crippen MR) is 78.1 cm³/mol. The SMILES string of the molecule is Clc1nc(-c2cc(Br)c(Cl)s2)nc2c1CSC2. The van der Waals surface area contributed by atoms with Crippen LogP contribution in [0.1, 0.15) is 11.3 Å². The van der Waals surface area contributed by atoms with Gasteiger partial charge in [0.05, 0.1) is 10.6 Å². The number of hydrogen-bond acceptors (Lipinski definition) is 4. The summed E-state index contributed by atoms with van der Waals surface area (Å²) < 4.78 is 1.57. The summed E-state index contributed by atoms with van der Waals surface area (Å²) in [6, 6.07) is 1.92. The van der Waals surface area contributed by atoms with E-state index in [1.165, 1.54) is 11.3 Å². The highest BCUT2D eigenvalue weighted by molar-refractivity contribution is 9.10. The van der Waals surface area contributed by atoms with Gasteiger partial charge in [0.15, 0.2) is 5.82 Å². The Bertz CT molecular complexity index is 581. The molecule has 2 aromatic heterocycles. The van der Waals surface area contributed by atoms with Crippen molar-refractivity contribution in [2.75, 3.05) is 0 Å². The van der Waals surface area contributed by atoms with Crippen LogP contribution in [0.5, 0.6) is 0 Å². The van der Waals surface area contributed by atoms with Crippen LogP contribution in [0.15, 0.2) is 10.5 Å². The molecular formula is C10H5BrCl2N2S2. The number of aromatic nitrogens is 2. The molecular weight excluding hydrogens is 363 g/mol. The topological polar surface area (TPSA) is 25.8 Å². The van der Waals surface area contributed by atoms with Gasteiger partial charge in [-0.25, -0.2) is 9.97 Å². The average Bonchev–Trinajstić information content (AvgIpc) is 2.87. The van der Waals surface area contributed by atoms with E-state index < -0.39 is 0 Å². The second-order valence-electron chi connectivity index (χ2n) is 3.49. The fourth-order valence-corrected chi connectivity index (χ4v) is 4.59. The third-order valence-corrected chi connectivity index (χ3v) is 6.15. The van der Waals surface area contributed by atoms with Gasteiger partial charge in [-0.05, 0) is 22.0 Å². The maximum Gasteiger partial charge on any atom is 0.171 e. The number of fused-ring (bicyclic) bond motifs is 1. The van der Waals surface area contributed by atoms with Crippen molar-refractivity contribution in [3.8, 4) is 10.7 Å². The number of nitrogens with zero attached hydrogens (tertiary/aromatic N) is 2. The van der Waals surface area contributed by atoms with Crippen molar-refractivity contribution in [1.29, 1.82) is 0 Å². The van der Waals surface area contributed by atoms with E-state index in [9.17, 15) is 0 Å². The Morgan fingerprint density at radius 2 is 2.06 bits per heavy atom. The summed E-state index contributed by atoms with van der Waals surface area (Å²) in [7, 11) is 0. The molecule has 0 amide bonds. The molecule has 0 saturated heterocycles. The smallest absolute Gasteiger partial charge is 0.171 e. The lowest BCUT2D eigenvalue weighted by molar-refractivity contribution is 1.08. The molecule has 17 heavy (non-hydrogen) atoms. The van der Waals surface area contributed by atoms with Crippen molar-refractivity contribution >= 4 is 62.2 Å². The summed E-state index contributed by atoms with van der Waals surface area (Å²) in [5.74, 6) is 2.47. The molecule has 1 aliphatic rings. The molecule has 0 bridgehead atoms. The van der Waals surface area contributed by atoms with Crippen LogP contribution in [0.4, 0.5) is 0 Å². The Kier molecular flexibility index (Phi) is 3.38. The third-order valence-electron chi connectivity index (χ3n) is 2.39. The van der Waals surface area contributed by atoms with Crippen LogP contribution in [0, 0.1) is 0 Å². The zero-order valence-electron chi connectivity index (χ0n) is 8.34. The highest BCUT2D eigenvalue weighted by Crippen LogP contribution is 2.39. The van der Waals surface area contributed by atoms with Crippen LogP contribution in [-0.2, 0) is 11.5 Å². The van der Waals surface area contributed by atoms with Crippen molar-refractivity contribution in [1.82, 2.24) is 9.97 Å². The minimum Gasteiger partial charge on any atom is -0.231 e. The summed E-state index contributed by atoms with van der Waals surface area (Å²) in [6.45, 7) is 0. The van der Waals surface area contributed by atoms with Crippen LogP contribution in [0.3, 0.4) is 0 Å². The number of thioether (sulfide) groups is 1. The number of halogens is 3. The van der Waals surface area contributed by atoms with Gasteiger partial charge >= 0.3 is 0 Å². The highest BCUT2D eigenvalue weighted by Gasteiger charge is 2.20. The van der Waals surface area contributed by atoms with E-state index in [4.69, 9.17) is 23.2 Å². The summed E-state index contributed by atoms with van der Waals surface area (Å²) in [6.07, 6.45) is 0. The minimum atomic E-state index is 0.565. The van der Waals surface area contributed by atoms with Crippen LogP contribution in [0.25, 0.3) is 10.7 Å². The Balaban J connectivity index is 2.13. The van der Waals surface area contributed by atoms with Crippen LogP contribution in [0.2, 0.25) is 9.49 Å². The molecule has 0 atom stereocenters. The van der Waals surface area contributed by atoms with Gasteiger partial charge in [0, 0.05) is 21.5 Å². The molecule has 0 aliphatic carbocycles. The molecule has 0 N–H and O–H groups in total. The van der Waals surface area contributed by atoms with Crippen molar-refractivity contribution in [3.05, 3.63) is 31.3 Å².